The average Bonchev–Trinajstić information content (AvgIpc) is 2.56. The minimum atomic E-state index is 0.0765. The van der Waals surface area contributed by atoms with Crippen molar-refractivity contribution in [1.29, 1.82) is 0 Å². The van der Waals surface area contributed by atoms with Crippen LogP contribution < -0.4 is 4.90 Å². The summed E-state index contributed by atoms with van der Waals surface area (Å²) in [6, 6.07) is 4.01. The molecule has 0 bridgehead atoms. The molecule has 22 heavy (non-hydrogen) atoms. The van der Waals surface area contributed by atoms with E-state index in [0.29, 0.717) is 5.75 Å². The Morgan fingerprint density at radius 3 is 2.32 bits per heavy atom. The van der Waals surface area contributed by atoms with Gasteiger partial charge in [0.1, 0.15) is 5.75 Å². The molecule has 126 valence electrons. The molecule has 0 radical (unpaired) electrons. The summed E-state index contributed by atoms with van der Waals surface area (Å²) in [5, 5.41) is 10.1. The molecule has 1 heterocycles. The third kappa shape index (κ3) is 5.00. The van der Waals surface area contributed by atoms with Gasteiger partial charge in [0.05, 0.1) is 15.5 Å². The number of thioether (sulfide) groups is 1. The highest BCUT2D eigenvalue weighted by Gasteiger charge is 2.28. The van der Waals surface area contributed by atoms with Crippen LogP contribution in [0.3, 0.4) is 0 Å². The zero-order valence-corrected chi connectivity index (χ0v) is 16.6. The molecular weight excluding hydrogens is 312 g/mol. The second-order valence-electron chi connectivity index (χ2n) is 6.46. The van der Waals surface area contributed by atoms with Gasteiger partial charge in [-0.25, -0.2) is 4.31 Å². The van der Waals surface area contributed by atoms with Gasteiger partial charge in [-0.15, -0.1) is 11.8 Å². The van der Waals surface area contributed by atoms with Crippen molar-refractivity contribution in [1.82, 2.24) is 4.31 Å². The predicted octanol–water partition coefficient (Wildman–Crippen LogP) is 5.09. The van der Waals surface area contributed by atoms with E-state index in [0.717, 1.165) is 22.9 Å². The smallest absolute Gasteiger partial charge is 0.130 e. The van der Waals surface area contributed by atoms with Crippen LogP contribution in [0.1, 0.15) is 41.0 Å². The minimum Gasteiger partial charge on any atom is -0.507 e. The quantitative estimate of drug-likeness (QED) is 0.567. The van der Waals surface area contributed by atoms with Crippen molar-refractivity contribution in [3.8, 4) is 5.75 Å². The normalized spacial score (nSPS) is 15.7. The first kappa shape index (κ1) is 19.5. The van der Waals surface area contributed by atoms with Gasteiger partial charge in [0.2, 0.25) is 0 Å². The molecule has 1 aliphatic heterocycles. The van der Waals surface area contributed by atoms with E-state index < -0.39 is 0 Å². The molecule has 1 aromatic rings. The number of hydrogen-bond acceptors (Lipinski definition) is 5. The van der Waals surface area contributed by atoms with E-state index in [4.69, 9.17) is 0 Å². The number of phenolic OH excluding ortho intramolecular Hbond substituents is 1. The molecule has 0 unspecified atom stereocenters. The molecule has 0 amide bonds. The number of nitrogens with zero attached hydrogens (tertiary/aromatic N) is 2. The van der Waals surface area contributed by atoms with Crippen molar-refractivity contribution < 1.29 is 5.11 Å². The van der Waals surface area contributed by atoms with Gasteiger partial charge in [0.15, 0.2) is 0 Å². The fourth-order valence-corrected chi connectivity index (χ4v) is 3.69. The van der Waals surface area contributed by atoms with Gasteiger partial charge in [-0.1, -0.05) is 20.3 Å². The van der Waals surface area contributed by atoms with Gasteiger partial charge in [-0.2, -0.15) is 0 Å². The van der Waals surface area contributed by atoms with Crippen molar-refractivity contribution in [2.45, 2.75) is 56.4 Å². The first-order valence-electron chi connectivity index (χ1n) is 7.82. The second kappa shape index (κ2) is 8.37. The third-order valence-electron chi connectivity index (χ3n) is 3.25. The Bertz CT molecular complexity index is 486. The molecule has 3 nitrogen and oxygen atoms in total. The maximum absolute atomic E-state index is 10.1. The van der Waals surface area contributed by atoms with Crippen LogP contribution >= 0.6 is 23.7 Å². The summed E-state index contributed by atoms with van der Waals surface area (Å²) in [6.45, 7) is 13.0. The highest BCUT2D eigenvalue weighted by Crippen LogP contribution is 2.43. The average molecular weight is 343 g/mol. The number of benzene rings is 1. The number of phenols is 1. The Labute approximate surface area is 144 Å². The number of fused-ring (bicyclic) bond motifs is 1. The lowest BCUT2D eigenvalue weighted by molar-refractivity contribution is 0.457. The van der Waals surface area contributed by atoms with Gasteiger partial charge in [-0.3, -0.25) is 0 Å². The molecular formula is C17H30N2OS2. The van der Waals surface area contributed by atoms with Crippen LogP contribution in [0, 0.1) is 0 Å². The molecule has 0 fully saturated rings. The Morgan fingerprint density at radius 1 is 1.23 bits per heavy atom. The first-order valence-corrected chi connectivity index (χ1v) is 9.82. The van der Waals surface area contributed by atoms with Crippen LogP contribution in [0.4, 0.5) is 5.69 Å². The highest BCUT2D eigenvalue weighted by atomic mass is 32.2. The fourth-order valence-electron chi connectivity index (χ4n) is 2.26. The molecule has 0 saturated carbocycles. The molecule has 1 aliphatic rings. The Kier molecular flexibility index (Phi) is 7.42. The molecule has 0 saturated heterocycles. The lowest BCUT2D eigenvalue weighted by Gasteiger charge is -2.37. The summed E-state index contributed by atoms with van der Waals surface area (Å²) >= 11 is 3.30. The van der Waals surface area contributed by atoms with Gasteiger partial charge < -0.3 is 10.0 Å². The molecule has 0 aromatic heterocycles. The lowest BCUT2D eigenvalue weighted by atomic mass is 10.0. The Morgan fingerprint density at radius 2 is 1.82 bits per heavy atom. The first-order chi connectivity index (χ1) is 10.2. The van der Waals surface area contributed by atoms with Crippen LogP contribution in [0.2, 0.25) is 0 Å². The van der Waals surface area contributed by atoms with Crippen LogP contribution in [0.25, 0.3) is 0 Å². The standard InChI is InChI=1S/C14H22N2OS2.C3H8/c1-14(2,3)16-7-6-15(4)19-12-9-11(17)13(18-5)8-10(12)16;1-3-2/h8-9,17H,6-7H2,1-5H3;3H2,1-2H3. The molecule has 0 spiro atoms. The summed E-state index contributed by atoms with van der Waals surface area (Å²) in [5.41, 5.74) is 1.30. The van der Waals surface area contributed by atoms with E-state index in [-0.39, 0.29) is 5.54 Å². The third-order valence-corrected chi connectivity index (χ3v) is 5.04. The lowest BCUT2D eigenvalue weighted by Crippen LogP contribution is -2.43. The summed E-state index contributed by atoms with van der Waals surface area (Å²) in [6.07, 6.45) is 3.25. The summed E-state index contributed by atoms with van der Waals surface area (Å²) < 4.78 is 2.22. The van der Waals surface area contributed by atoms with Crippen molar-refractivity contribution in [2.24, 2.45) is 0 Å². The maximum atomic E-state index is 10.1. The van der Waals surface area contributed by atoms with Gasteiger partial charge in [-0.05, 0) is 58.2 Å². The largest absolute Gasteiger partial charge is 0.507 e. The molecule has 0 aliphatic carbocycles. The SMILES string of the molecule is CCC.CSc1cc2c(cc1O)SN(C)CCN2C(C)(C)C. The maximum Gasteiger partial charge on any atom is 0.130 e. The van der Waals surface area contributed by atoms with Crippen molar-refractivity contribution in [2.75, 3.05) is 31.3 Å². The molecule has 0 atom stereocenters. The number of aromatic hydroxyl groups is 1. The van der Waals surface area contributed by atoms with Crippen LogP contribution in [0.15, 0.2) is 21.9 Å². The van der Waals surface area contributed by atoms with Crippen molar-refractivity contribution in [3.05, 3.63) is 12.1 Å². The van der Waals surface area contributed by atoms with Crippen LogP contribution in [-0.4, -0.2) is 41.3 Å². The van der Waals surface area contributed by atoms with Gasteiger partial charge in [0, 0.05) is 18.6 Å². The number of hydrogen-bond donors (Lipinski definition) is 1. The number of likely N-dealkylation sites (N-methyl/N-ethyl adjacent to an activating group) is 1. The van der Waals surface area contributed by atoms with Crippen molar-refractivity contribution in [3.63, 3.8) is 0 Å². The summed E-state index contributed by atoms with van der Waals surface area (Å²) in [7, 11) is 2.10. The predicted molar refractivity (Wildman–Crippen MR) is 101 cm³/mol. The van der Waals surface area contributed by atoms with E-state index in [2.05, 4.69) is 56.9 Å². The minimum absolute atomic E-state index is 0.0765. The van der Waals surface area contributed by atoms with Gasteiger partial charge in [0.25, 0.3) is 0 Å². The summed E-state index contributed by atoms with van der Waals surface area (Å²) in [5.74, 6) is 0.378. The zero-order valence-electron chi connectivity index (χ0n) is 14.9. The zero-order chi connectivity index (χ0) is 16.9. The molecule has 1 aromatic carbocycles. The fraction of sp³-hybridized carbons (Fsp3) is 0.647. The topological polar surface area (TPSA) is 26.7 Å². The number of anilines is 1. The van der Waals surface area contributed by atoms with Crippen molar-refractivity contribution >= 4 is 29.4 Å². The highest BCUT2D eigenvalue weighted by molar-refractivity contribution is 7.98. The van der Waals surface area contributed by atoms with Crippen LogP contribution in [0.5, 0.6) is 5.75 Å². The van der Waals surface area contributed by atoms with E-state index in [1.807, 2.05) is 12.3 Å². The second-order valence-corrected chi connectivity index (χ2v) is 8.56. The Balaban J connectivity index is 0.000000745. The Hall–Kier alpha value is -0.520. The number of rotatable bonds is 1. The monoisotopic (exact) mass is 342 g/mol. The van der Waals surface area contributed by atoms with E-state index >= 15 is 0 Å². The van der Waals surface area contributed by atoms with E-state index in [1.165, 1.54) is 12.1 Å². The summed E-state index contributed by atoms with van der Waals surface area (Å²) in [4.78, 5) is 4.50. The molecule has 5 heteroatoms. The molecule has 2 rings (SSSR count). The van der Waals surface area contributed by atoms with E-state index in [1.54, 1.807) is 23.7 Å². The van der Waals surface area contributed by atoms with Crippen LogP contribution in [-0.2, 0) is 0 Å². The van der Waals surface area contributed by atoms with Gasteiger partial charge >= 0.3 is 0 Å². The molecule has 1 N–H and O–H groups in total. The van der Waals surface area contributed by atoms with E-state index in [9.17, 15) is 5.11 Å².